The van der Waals surface area contributed by atoms with Gasteiger partial charge in [-0.1, -0.05) is 44.2 Å². The van der Waals surface area contributed by atoms with Crippen LogP contribution < -0.4 is 0 Å². The summed E-state index contributed by atoms with van der Waals surface area (Å²) in [6, 6.07) is 9.50. The highest BCUT2D eigenvalue weighted by molar-refractivity contribution is 5.82. The summed E-state index contributed by atoms with van der Waals surface area (Å²) in [6.45, 7) is 4.34. The second kappa shape index (κ2) is 4.61. The highest BCUT2D eigenvalue weighted by atomic mass is 16.3. The molecular formula is C15H20O2. The molecule has 1 fully saturated rings. The van der Waals surface area contributed by atoms with Gasteiger partial charge in [0.1, 0.15) is 5.78 Å². The second-order valence-electron chi connectivity index (χ2n) is 5.80. The maximum absolute atomic E-state index is 11.9. The summed E-state index contributed by atoms with van der Waals surface area (Å²) in [4.78, 5) is 11.9. The molecule has 1 aliphatic carbocycles. The first-order valence-corrected chi connectivity index (χ1v) is 6.25. The van der Waals surface area contributed by atoms with E-state index >= 15 is 0 Å². The minimum atomic E-state index is -0.650. The second-order valence-corrected chi connectivity index (χ2v) is 5.80. The first-order valence-electron chi connectivity index (χ1n) is 6.25. The Hall–Kier alpha value is -1.15. The number of aliphatic hydroxyl groups excluding tert-OH is 1. The Kier molecular flexibility index (Phi) is 3.34. The van der Waals surface area contributed by atoms with Crippen LogP contribution in [-0.4, -0.2) is 10.9 Å². The fourth-order valence-corrected chi connectivity index (χ4v) is 2.63. The standard InChI is InChI=1S/C15H20O2/c1-15(2)9-8-13(16)12(10-15)14(17)11-6-4-3-5-7-11/h3-7,12,14,17H,8-10H2,1-2H3. The molecule has 1 aliphatic rings. The van der Waals surface area contributed by atoms with Gasteiger partial charge in [0.25, 0.3) is 0 Å². The summed E-state index contributed by atoms with van der Waals surface area (Å²) in [5, 5.41) is 10.3. The summed E-state index contributed by atoms with van der Waals surface area (Å²) in [6.07, 6.45) is 1.66. The van der Waals surface area contributed by atoms with E-state index in [0.29, 0.717) is 6.42 Å². The van der Waals surface area contributed by atoms with Crippen molar-refractivity contribution in [3.63, 3.8) is 0 Å². The van der Waals surface area contributed by atoms with Crippen LogP contribution in [0.2, 0.25) is 0 Å². The molecule has 0 spiro atoms. The van der Waals surface area contributed by atoms with E-state index < -0.39 is 6.10 Å². The van der Waals surface area contributed by atoms with Crippen molar-refractivity contribution in [3.05, 3.63) is 35.9 Å². The minimum Gasteiger partial charge on any atom is -0.388 e. The molecule has 0 bridgehead atoms. The third-order valence-corrected chi connectivity index (χ3v) is 3.76. The summed E-state index contributed by atoms with van der Waals surface area (Å²) in [7, 11) is 0. The van der Waals surface area contributed by atoms with Gasteiger partial charge in [-0.2, -0.15) is 0 Å². The predicted molar refractivity (Wildman–Crippen MR) is 67.5 cm³/mol. The summed E-state index contributed by atoms with van der Waals surface area (Å²) >= 11 is 0. The van der Waals surface area contributed by atoms with E-state index in [4.69, 9.17) is 0 Å². The summed E-state index contributed by atoms with van der Waals surface area (Å²) in [5.74, 6) is -0.0261. The van der Waals surface area contributed by atoms with Crippen LogP contribution >= 0.6 is 0 Å². The van der Waals surface area contributed by atoms with Crippen molar-refractivity contribution in [2.75, 3.05) is 0 Å². The Morgan fingerprint density at radius 1 is 1.29 bits per heavy atom. The van der Waals surface area contributed by atoms with Gasteiger partial charge in [-0.25, -0.2) is 0 Å². The van der Waals surface area contributed by atoms with E-state index in [1.165, 1.54) is 0 Å². The van der Waals surface area contributed by atoms with E-state index in [0.717, 1.165) is 18.4 Å². The molecule has 2 atom stereocenters. The predicted octanol–water partition coefficient (Wildman–Crippen LogP) is 3.12. The fourth-order valence-electron chi connectivity index (χ4n) is 2.63. The Morgan fingerprint density at radius 3 is 2.59 bits per heavy atom. The average molecular weight is 232 g/mol. The van der Waals surface area contributed by atoms with E-state index in [-0.39, 0.29) is 17.1 Å². The number of carbonyl (C=O) groups is 1. The zero-order chi connectivity index (χ0) is 12.5. The lowest BCUT2D eigenvalue weighted by Crippen LogP contribution is -2.33. The van der Waals surface area contributed by atoms with Gasteiger partial charge in [0, 0.05) is 12.3 Å². The van der Waals surface area contributed by atoms with Gasteiger partial charge in [-0.15, -0.1) is 0 Å². The molecule has 17 heavy (non-hydrogen) atoms. The molecule has 2 unspecified atom stereocenters. The number of carbonyl (C=O) groups excluding carboxylic acids is 1. The van der Waals surface area contributed by atoms with Crippen molar-refractivity contribution in [1.82, 2.24) is 0 Å². The molecule has 1 aromatic rings. The summed E-state index contributed by atoms with van der Waals surface area (Å²) < 4.78 is 0. The largest absolute Gasteiger partial charge is 0.388 e. The Morgan fingerprint density at radius 2 is 1.94 bits per heavy atom. The number of hydrogen-bond donors (Lipinski definition) is 1. The number of aliphatic hydroxyl groups is 1. The van der Waals surface area contributed by atoms with Gasteiger partial charge in [0.15, 0.2) is 0 Å². The fraction of sp³-hybridized carbons (Fsp3) is 0.533. The van der Waals surface area contributed by atoms with Crippen molar-refractivity contribution in [1.29, 1.82) is 0 Å². The van der Waals surface area contributed by atoms with E-state index in [9.17, 15) is 9.90 Å². The molecule has 1 aromatic carbocycles. The monoisotopic (exact) mass is 232 g/mol. The van der Waals surface area contributed by atoms with Crippen molar-refractivity contribution in [2.24, 2.45) is 11.3 Å². The van der Waals surface area contributed by atoms with Gasteiger partial charge in [0.2, 0.25) is 0 Å². The van der Waals surface area contributed by atoms with E-state index in [1.807, 2.05) is 30.3 Å². The van der Waals surface area contributed by atoms with Crippen LogP contribution in [0.1, 0.15) is 44.8 Å². The smallest absolute Gasteiger partial charge is 0.138 e. The maximum Gasteiger partial charge on any atom is 0.138 e. The van der Waals surface area contributed by atoms with Crippen LogP contribution in [0.4, 0.5) is 0 Å². The molecule has 0 radical (unpaired) electrons. The number of Topliss-reactive ketones (excluding diaryl/α,β-unsaturated/α-hetero) is 1. The van der Waals surface area contributed by atoms with Crippen LogP contribution in [0.15, 0.2) is 30.3 Å². The molecule has 0 aromatic heterocycles. The number of benzene rings is 1. The molecule has 1 saturated carbocycles. The van der Waals surface area contributed by atoms with Crippen molar-refractivity contribution in [3.8, 4) is 0 Å². The van der Waals surface area contributed by atoms with Gasteiger partial charge in [-0.05, 0) is 23.8 Å². The molecule has 0 saturated heterocycles. The quantitative estimate of drug-likeness (QED) is 0.850. The third-order valence-electron chi connectivity index (χ3n) is 3.76. The third kappa shape index (κ3) is 2.75. The Balaban J connectivity index is 2.18. The normalized spacial score (nSPS) is 25.6. The molecule has 2 heteroatoms. The zero-order valence-corrected chi connectivity index (χ0v) is 10.5. The van der Waals surface area contributed by atoms with Gasteiger partial charge < -0.3 is 5.11 Å². The average Bonchev–Trinajstić information content (AvgIpc) is 2.33. The molecule has 2 rings (SSSR count). The van der Waals surface area contributed by atoms with E-state index in [2.05, 4.69) is 13.8 Å². The van der Waals surface area contributed by atoms with Crippen LogP contribution in [0, 0.1) is 11.3 Å². The van der Waals surface area contributed by atoms with Gasteiger partial charge in [-0.3, -0.25) is 4.79 Å². The van der Waals surface area contributed by atoms with Crippen molar-refractivity contribution < 1.29 is 9.90 Å². The van der Waals surface area contributed by atoms with Crippen LogP contribution in [-0.2, 0) is 4.79 Å². The molecule has 0 heterocycles. The lowest BCUT2D eigenvalue weighted by Gasteiger charge is -2.36. The van der Waals surface area contributed by atoms with Crippen LogP contribution in [0.25, 0.3) is 0 Å². The topological polar surface area (TPSA) is 37.3 Å². The van der Waals surface area contributed by atoms with Gasteiger partial charge in [0.05, 0.1) is 6.10 Å². The maximum atomic E-state index is 11.9. The number of rotatable bonds is 2. The summed E-state index contributed by atoms with van der Waals surface area (Å²) in [5.41, 5.74) is 1.01. The lowest BCUT2D eigenvalue weighted by atomic mass is 9.69. The van der Waals surface area contributed by atoms with Crippen molar-refractivity contribution >= 4 is 5.78 Å². The first kappa shape index (κ1) is 12.3. The molecule has 1 N–H and O–H groups in total. The molecule has 2 nitrogen and oxygen atoms in total. The molecule has 0 amide bonds. The van der Waals surface area contributed by atoms with Crippen LogP contribution in [0.5, 0.6) is 0 Å². The highest BCUT2D eigenvalue weighted by Gasteiger charge is 2.37. The van der Waals surface area contributed by atoms with E-state index in [1.54, 1.807) is 0 Å². The van der Waals surface area contributed by atoms with Gasteiger partial charge >= 0.3 is 0 Å². The number of ketones is 1. The van der Waals surface area contributed by atoms with Crippen molar-refractivity contribution in [2.45, 2.75) is 39.2 Å². The number of hydrogen-bond acceptors (Lipinski definition) is 2. The molecule has 92 valence electrons. The van der Waals surface area contributed by atoms with Crippen LogP contribution in [0.3, 0.4) is 0 Å². The Labute approximate surface area is 103 Å². The highest BCUT2D eigenvalue weighted by Crippen LogP contribution is 2.41. The lowest BCUT2D eigenvalue weighted by molar-refractivity contribution is -0.131. The minimum absolute atomic E-state index is 0.161. The Bertz CT molecular complexity index is 395. The molecular weight excluding hydrogens is 212 g/mol. The SMILES string of the molecule is CC1(C)CCC(=O)C(C(O)c2ccccc2)C1. The zero-order valence-electron chi connectivity index (χ0n) is 10.5. The molecule has 0 aliphatic heterocycles. The first-order chi connectivity index (χ1) is 7.99.